The lowest BCUT2D eigenvalue weighted by molar-refractivity contribution is -0.231. The SMILES string of the molecule is COCP(=O)(N[C@@H](C)C(=O)OC(C)C)Oc1ccc(COC(=O)Oc2ccc(Cc3cc([C@@H]4O[C@H](CO)[C@@H](O)[C@H](O)[C@H]4O)ccc3Cl)cc2)cc1. The Hall–Kier alpha value is -3.56. The quantitative estimate of drug-likeness (QED) is 0.0838. The molecule has 0 saturated carbocycles. The first kappa shape index (κ1) is 40.2. The Labute approximate surface area is 300 Å². The van der Waals surface area contributed by atoms with Gasteiger partial charge in [-0.1, -0.05) is 48.0 Å². The summed E-state index contributed by atoms with van der Waals surface area (Å²) < 4.78 is 45.4. The highest BCUT2D eigenvalue weighted by molar-refractivity contribution is 7.57. The summed E-state index contributed by atoms with van der Waals surface area (Å²) in [5.74, 6) is -0.106. The van der Waals surface area contributed by atoms with E-state index in [0.717, 1.165) is 5.56 Å². The first-order valence-corrected chi connectivity index (χ1v) is 18.3. The van der Waals surface area contributed by atoms with Gasteiger partial charge < -0.3 is 48.6 Å². The number of rotatable bonds is 15. The normalized spacial score (nSPS) is 22.1. The third-order valence-electron chi connectivity index (χ3n) is 7.74. The van der Waals surface area contributed by atoms with Crippen LogP contribution in [0.25, 0.3) is 0 Å². The van der Waals surface area contributed by atoms with Crippen LogP contribution in [-0.4, -0.2) is 89.2 Å². The van der Waals surface area contributed by atoms with Crippen molar-refractivity contribution in [2.24, 2.45) is 0 Å². The van der Waals surface area contributed by atoms with E-state index < -0.39 is 62.8 Å². The molecule has 4 rings (SSSR count). The fourth-order valence-corrected chi connectivity index (χ4v) is 7.07. The van der Waals surface area contributed by atoms with Crippen LogP contribution in [0.5, 0.6) is 11.5 Å². The van der Waals surface area contributed by atoms with Crippen molar-refractivity contribution in [3.05, 3.63) is 94.0 Å². The summed E-state index contributed by atoms with van der Waals surface area (Å²) in [7, 11) is -2.29. The van der Waals surface area contributed by atoms with Gasteiger partial charge in [0.25, 0.3) is 0 Å². The van der Waals surface area contributed by atoms with Crippen LogP contribution in [0.15, 0.2) is 66.7 Å². The number of hydrogen-bond acceptors (Lipinski definition) is 13. The second-order valence-electron chi connectivity index (χ2n) is 12.2. The van der Waals surface area contributed by atoms with Crippen LogP contribution >= 0.6 is 19.1 Å². The topological polar surface area (TPSA) is 200 Å². The molecule has 1 unspecified atom stereocenters. The Morgan fingerprint density at radius 1 is 0.922 bits per heavy atom. The van der Waals surface area contributed by atoms with Crippen LogP contribution < -0.4 is 14.3 Å². The third-order valence-corrected chi connectivity index (χ3v) is 9.99. The molecule has 51 heavy (non-hydrogen) atoms. The molecule has 1 aliphatic heterocycles. The number of esters is 1. The van der Waals surface area contributed by atoms with E-state index >= 15 is 0 Å². The molecule has 1 heterocycles. The van der Waals surface area contributed by atoms with Crippen molar-refractivity contribution in [3.63, 3.8) is 0 Å². The molecule has 3 aromatic rings. The van der Waals surface area contributed by atoms with Crippen LogP contribution in [0, 0.1) is 0 Å². The maximum atomic E-state index is 13.3. The first-order valence-electron chi connectivity index (χ1n) is 16.1. The second-order valence-corrected chi connectivity index (χ2v) is 14.7. The number of ether oxygens (including phenoxy) is 5. The number of hydrogen-bond donors (Lipinski definition) is 5. The van der Waals surface area contributed by atoms with Crippen molar-refractivity contribution < 1.29 is 62.8 Å². The number of halogens is 1. The summed E-state index contributed by atoms with van der Waals surface area (Å²) in [6.45, 7) is 4.27. The van der Waals surface area contributed by atoms with Crippen molar-refractivity contribution >= 4 is 31.2 Å². The summed E-state index contributed by atoms with van der Waals surface area (Å²) >= 11 is 6.44. The van der Waals surface area contributed by atoms with Gasteiger partial charge in [-0.3, -0.25) is 9.36 Å². The van der Waals surface area contributed by atoms with Crippen molar-refractivity contribution in [2.45, 2.75) is 76.5 Å². The van der Waals surface area contributed by atoms with Crippen LogP contribution in [-0.2, 0) is 41.3 Å². The summed E-state index contributed by atoms with van der Waals surface area (Å²) in [6.07, 6.45) is -7.62. The number of benzene rings is 3. The van der Waals surface area contributed by atoms with Crippen LogP contribution in [0.4, 0.5) is 4.79 Å². The van der Waals surface area contributed by atoms with E-state index in [-0.39, 0.29) is 30.6 Å². The van der Waals surface area contributed by atoms with Gasteiger partial charge in [0.05, 0.1) is 12.7 Å². The minimum atomic E-state index is -3.65. The molecule has 3 aromatic carbocycles. The Kier molecular flexibility index (Phi) is 14.4. The van der Waals surface area contributed by atoms with Gasteiger partial charge in [0.2, 0.25) is 0 Å². The Morgan fingerprint density at radius 2 is 1.57 bits per heavy atom. The molecule has 0 spiro atoms. The maximum absolute atomic E-state index is 13.3. The molecule has 5 N–H and O–H groups in total. The number of aliphatic hydroxyl groups excluding tert-OH is 4. The molecular formula is C35H43ClNO13P. The van der Waals surface area contributed by atoms with E-state index in [9.17, 15) is 34.6 Å². The number of nitrogens with one attached hydrogen (secondary N) is 1. The van der Waals surface area contributed by atoms with Gasteiger partial charge in [-0.25, -0.2) is 9.88 Å². The highest BCUT2D eigenvalue weighted by Crippen LogP contribution is 2.43. The average molecular weight is 752 g/mol. The van der Waals surface area contributed by atoms with Crippen molar-refractivity contribution in [1.29, 1.82) is 0 Å². The molecule has 16 heteroatoms. The highest BCUT2D eigenvalue weighted by atomic mass is 35.5. The molecule has 278 valence electrons. The van der Waals surface area contributed by atoms with Crippen molar-refractivity contribution in [2.75, 3.05) is 20.1 Å². The molecule has 0 bridgehead atoms. The molecule has 0 amide bonds. The number of carbonyl (C=O) groups is 2. The predicted molar refractivity (Wildman–Crippen MR) is 185 cm³/mol. The molecular weight excluding hydrogens is 709 g/mol. The van der Waals surface area contributed by atoms with Gasteiger partial charge in [-0.2, -0.15) is 0 Å². The lowest BCUT2D eigenvalue weighted by Gasteiger charge is -2.40. The number of carbonyl (C=O) groups excluding carboxylic acids is 2. The molecule has 7 atom stereocenters. The summed E-state index contributed by atoms with van der Waals surface area (Å²) in [6, 6.07) is 17.0. The van der Waals surface area contributed by atoms with E-state index in [0.29, 0.717) is 28.1 Å². The first-order chi connectivity index (χ1) is 24.2. The minimum absolute atomic E-state index is 0.119. The van der Waals surface area contributed by atoms with Gasteiger partial charge in [0.1, 0.15) is 61.0 Å². The van der Waals surface area contributed by atoms with Crippen molar-refractivity contribution in [3.8, 4) is 11.5 Å². The third kappa shape index (κ3) is 11.2. The highest BCUT2D eigenvalue weighted by Gasteiger charge is 2.44. The Morgan fingerprint density at radius 3 is 2.20 bits per heavy atom. The van der Waals surface area contributed by atoms with Gasteiger partial charge >= 0.3 is 19.6 Å². The van der Waals surface area contributed by atoms with E-state index in [1.807, 2.05) is 0 Å². The zero-order chi connectivity index (χ0) is 37.3. The largest absolute Gasteiger partial charge is 0.514 e. The minimum Gasteiger partial charge on any atom is -0.462 e. The summed E-state index contributed by atoms with van der Waals surface area (Å²) in [4.78, 5) is 24.6. The number of aliphatic hydroxyl groups is 4. The average Bonchev–Trinajstić information content (AvgIpc) is 3.08. The van der Waals surface area contributed by atoms with Gasteiger partial charge in [-0.05, 0) is 79.8 Å². The number of methoxy groups -OCH3 is 1. The van der Waals surface area contributed by atoms with Gasteiger partial charge in [0.15, 0.2) is 0 Å². The maximum Gasteiger partial charge on any atom is 0.514 e. The fourth-order valence-electron chi connectivity index (χ4n) is 5.21. The van der Waals surface area contributed by atoms with E-state index in [2.05, 4.69) is 5.09 Å². The summed E-state index contributed by atoms with van der Waals surface area (Å²) in [5.41, 5.74) is 2.62. The molecule has 1 fully saturated rings. The molecule has 14 nitrogen and oxygen atoms in total. The molecule has 0 aliphatic carbocycles. The van der Waals surface area contributed by atoms with Gasteiger partial charge in [0, 0.05) is 12.1 Å². The lowest BCUT2D eigenvalue weighted by Crippen LogP contribution is -2.55. The van der Waals surface area contributed by atoms with E-state index in [1.54, 1.807) is 68.4 Å². The lowest BCUT2D eigenvalue weighted by atomic mass is 9.90. The summed E-state index contributed by atoms with van der Waals surface area (Å²) in [5, 5.41) is 43.4. The Bertz CT molecular complexity index is 1650. The predicted octanol–water partition coefficient (Wildman–Crippen LogP) is 4.27. The monoisotopic (exact) mass is 751 g/mol. The van der Waals surface area contributed by atoms with E-state index in [1.165, 1.54) is 26.2 Å². The smallest absolute Gasteiger partial charge is 0.462 e. The van der Waals surface area contributed by atoms with E-state index in [4.69, 9.17) is 39.8 Å². The fraction of sp³-hybridized carbons (Fsp3) is 0.429. The second kappa shape index (κ2) is 18.3. The molecule has 1 aliphatic rings. The molecule has 1 saturated heterocycles. The van der Waals surface area contributed by atoms with Crippen LogP contribution in [0.1, 0.15) is 49.1 Å². The Balaban J connectivity index is 1.29. The van der Waals surface area contributed by atoms with Crippen LogP contribution in [0.2, 0.25) is 5.02 Å². The zero-order valence-electron chi connectivity index (χ0n) is 28.5. The van der Waals surface area contributed by atoms with Crippen molar-refractivity contribution in [1.82, 2.24) is 5.09 Å². The van der Waals surface area contributed by atoms with Gasteiger partial charge in [-0.15, -0.1) is 0 Å². The molecule has 0 radical (unpaired) electrons. The standard InChI is InChI=1S/C35H43ClNO13P/c1-20(2)47-34(42)21(3)37-51(44,19-45-4)50-27-12-7-23(8-13-27)18-46-35(43)48-26-10-5-22(6-11-26)15-25-16-24(9-14-28(25)36)33-32(41)31(40)30(39)29(17-38)49-33/h5-14,16,20-21,29-33,38-41H,15,17-19H2,1-4H3,(H,37,44)/t21-,29+,30+,31-,32+,33-,51?/m0/s1. The molecule has 0 aromatic heterocycles. The van der Waals surface area contributed by atoms with Crippen LogP contribution in [0.3, 0.4) is 0 Å². The zero-order valence-corrected chi connectivity index (χ0v) is 30.2.